The topological polar surface area (TPSA) is 194 Å². The van der Waals surface area contributed by atoms with E-state index in [1.807, 2.05) is 0 Å². The Kier molecular flexibility index (Phi) is 8.79. The number of nitrogens with one attached hydrogen (secondary N) is 4. The van der Waals surface area contributed by atoms with Crippen LogP contribution in [-0.4, -0.2) is 55.2 Å². The molecule has 13 nitrogen and oxygen atoms in total. The summed E-state index contributed by atoms with van der Waals surface area (Å²) in [6.07, 6.45) is -7.56. The van der Waals surface area contributed by atoms with Crippen molar-refractivity contribution >= 4 is 61.3 Å². The number of carbonyl (C=O) groups is 1. The standard InChI is InChI=1S/C43H30F8N12O/c1-17-56-29-5-3-21(11-33(29)58-17)62-40(52)23(15-54-62)37(35-9-19-7-27(44)25(42(46,47)48)13-31(19)60-35)39(64)38(36-10-20-8-28(45)26(43(49,50)51)14-32(20)61-36)24-16-55-63(41(24)53)22-4-6-30-34(12-22)59-18(2)57-30/h3-16,37-38,60-61H,52-53H2,1-2H3,(H,56,58)(H,57,59). The second-order valence-corrected chi connectivity index (χ2v) is 15.4. The third-order valence-corrected chi connectivity index (χ3v) is 11.2. The van der Waals surface area contributed by atoms with Crippen LogP contribution in [0.4, 0.5) is 46.8 Å². The number of aromatic nitrogens is 10. The van der Waals surface area contributed by atoms with Gasteiger partial charge in [0.1, 0.15) is 34.9 Å². The van der Waals surface area contributed by atoms with Crippen molar-refractivity contribution in [2.75, 3.05) is 11.5 Å². The first-order chi connectivity index (χ1) is 30.3. The first-order valence-corrected chi connectivity index (χ1v) is 19.2. The third kappa shape index (κ3) is 6.57. The first-order valence-electron chi connectivity index (χ1n) is 19.2. The van der Waals surface area contributed by atoms with Gasteiger partial charge in [-0.3, -0.25) is 4.79 Å². The second kappa shape index (κ2) is 14.0. The zero-order valence-electron chi connectivity index (χ0n) is 33.0. The van der Waals surface area contributed by atoms with Gasteiger partial charge in [0.05, 0.1) is 68.8 Å². The number of halogens is 8. The van der Waals surface area contributed by atoms with Gasteiger partial charge in [-0.2, -0.15) is 36.5 Å². The molecule has 324 valence electrons. The predicted octanol–water partition coefficient (Wildman–Crippen LogP) is 9.40. The van der Waals surface area contributed by atoms with Crippen molar-refractivity contribution in [1.29, 1.82) is 0 Å². The van der Waals surface area contributed by atoms with Crippen LogP contribution in [0.5, 0.6) is 0 Å². The van der Waals surface area contributed by atoms with Crippen LogP contribution in [0.1, 0.15) is 57.1 Å². The number of ketones is 1. The van der Waals surface area contributed by atoms with Gasteiger partial charge in [0.2, 0.25) is 0 Å². The molecule has 0 radical (unpaired) electrons. The highest BCUT2D eigenvalue weighted by molar-refractivity contribution is 6.00. The molecule has 10 rings (SSSR count). The van der Waals surface area contributed by atoms with Crippen molar-refractivity contribution < 1.29 is 39.9 Å². The lowest BCUT2D eigenvalue weighted by Crippen LogP contribution is -2.24. The molecule has 2 unspecified atom stereocenters. The number of hydrogen-bond acceptors (Lipinski definition) is 7. The largest absolute Gasteiger partial charge is 0.419 e. The number of Topliss-reactive ketones (excluding diaryl/α,β-unsaturated/α-hetero) is 1. The smallest absolute Gasteiger partial charge is 0.383 e. The van der Waals surface area contributed by atoms with Gasteiger partial charge in [0, 0.05) is 44.3 Å². The molecule has 0 aliphatic rings. The van der Waals surface area contributed by atoms with Gasteiger partial charge in [0.15, 0.2) is 5.78 Å². The summed E-state index contributed by atoms with van der Waals surface area (Å²) in [5.74, 6) is -5.95. The maximum atomic E-state index is 15.8. The zero-order valence-corrected chi connectivity index (χ0v) is 33.0. The minimum absolute atomic E-state index is 0.0292. The number of imidazole rings is 2. The SMILES string of the molecule is Cc1nc2ccc(-n3ncc(C(C(=O)C(c4cc5cc(F)c(C(F)(F)F)cc5[nH]4)c4cnn(-c5ccc6nc(C)[nH]c6c5)c4N)c4cc5cc(F)c(C(F)(F)F)cc5[nH]4)c3N)cc2[nH]1. The van der Waals surface area contributed by atoms with E-state index in [0.717, 1.165) is 0 Å². The van der Waals surface area contributed by atoms with Crippen LogP contribution in [-0.2, 0) is 17.1 Å². The number of fused-ring (bicyclic) bond motifs is 4. The summed E-state index contributed by atoms with van der Waals surface area (Å²) >= 11 is 0. The van der Waals surface area contributed by atoms with Gasteiger partial charge < -0.3 is 31.4 Å². The van der Waals surface area contributed by atoms with Crippen molar-refractivity contribution in [3.8, 4) is 11.4 Å². The number of hydrogen-bond donors (Lipinski definition) is 6. The van der Waals surface area contributed by atoms with Crippen LogP contribution in [0.2, 0.25) is 0 Å². The molecule has 2 atom stereocenters. The molecule has 0 spiro atoms. The molecule has 4 aromatic carbocycles. The Morgan fingerprint density at radius 1 is 0.578 bits per heavy atom. The van der Waals surface area contributed by atoms with Gasteiger partial charge >= 0.3 is 12.4 Å². The minimum atomic E-state index is -5.07. The van der Waals surface area contributed by atoms with Gasteiger partial charge in [0.25, 0.3) is 0 Å². The van der Waals surface area contributed by atoms with E-state index >= 15 is 4.79 Å². The molecule has 0 amide bonds. The lowest BCUT2D eigenvalue weighted by atomic mass is 9.81. The lowest BCUT2D eigenvalue weighted by Gasteiger charge is -2.22. The minimum Gasteiger partial charge on any atom is -0.383 e. The summed E-state index contributed by atoms with van der Waals surface area (Å²) in [6.45, 7) is 3.54. The maximum absolute atomic E-state index is 15.8. The normalized spacial score (nSPS) is 13.5. The Morgan fingerprint density at radius 3 is 1.38 bits per heavy atom. The number of alkyl halides is 6. The molecule has 10 aromatic rings. The second-order valence-electron chi connectivity index (χ2n) is 15.4. The van der Waals surface area contributed by atoms with Gasteiger partial charge in [-0.25, -0.2) is 28.1 Å². The van der Waals surface area contributed by atoms with E-state index in [4.69, 9.17) is 11.5 Å². The molecular formula is C43H30F8N12O. The Labute approximate surface area is 353 Å². The van der Waals surface area contributed by atoms with Crippen molar-refractivity contribution in [3.63, 3.8) is 0 Å². The first kappa shape index (κ1) is 40.1. The van der Waals surface area contributed by atoms with Crippen LogP contribution < -0.4 is 11.5 Å². The van der Waals surface area contributed by atoms with Crippen LogP contribution in [0.15, 0.2) is 85.2 Å². The van der Waals surface area contributed by atoms with Crippen LogP contribution in [0, 0.1) is 25.5 Å². The molecule has 6 heterocycles. The number of H-pyrrole nitrogens is 4. The van der Waals surface area contributed by atoms with Gasteiger partial charge in [-0.1, -0.05) is 0 Å². The van der Waals surface area contributed by atoms with E-state index in [9.17, 15) is 35.1 Å². The highest BCUT2D eigenvalue weighted by Gasteiger charge is 2.40. The monoisotopic (exact) mass is 882 g/mol. The molecule has 0 aliphatic carbocycles. The quantitative estimate of drug-likeness (QED) is 0.0819. The van der Waals surface area contributed by atoms with Crippen LogP contribution in [0.3, 0.4) is 0 Å². The molecule has 0 bridgehead atoms. The number of nitrogens with two attached hydrogens (primary N) is 2. The summed E-state index contributed by atoms with van der Waals surface area (Å²) in [5, 5.41) is 8.92. The Balaban J connectivity index is 1.19. The number of carbonyl (C=O) groups excluding carboxylic acids is 1. The number of nitrogens with zero attached hydrogens (tertiary/aromatic N) is 6. The van der Waals surface area contributed by atoms with E-state index in [-0.39, 0.29) is 56.0 Å². The molecule has 0 saturated heterocycles. The highest BCUT2D eigenvalue weighted by atomic mass is 19.4. The fraction of sp³-hybridized carbons (Fsp3) is 0.140. The summed E-state index contributed by atoms with van der Waals surface area (Å²) < 4.78 is 116. The molecule has 0 aliphatic heterocycles. The van der Waals surface area contributed by atoms with Crippen molar-refractivity contribution in [2.24, 2.45) is 0 Å². The Morgan fingerprint density at radius 2 is 0.984 bits per heavy atom. The van der Waals surface area contributed by atoms with Crippen molar-refractivity contribution in [3.05, 3.63) is 142 Å². The average molecular weight is 883 g/mol. The summed E-state index contributed by atoms with van der Waals surface area (Å²) in [5.41, 5.74) is 13.6. The number of nitrogen functional groups attached to an aromatic ring is 2. The molecule has 0 saturated carbocycles. The number of rotatable bonds is 8. The Bertz CT molecular complexity index is 3280. The van der Waals surface area contributed by atoms with Crippen molar-refractivity contribution in [1.82, 2.24) is 49.5 Å². The molecule has 6 aromatic heterocycles. The molecular weight excluding hydrogens is 853 g/mol. The van der Waals surface area contributed by atoms with E-state index in [0.29, 0.717) is 69.4 Å². The molecule has 8 N–H and O–H groups in total. The summed E-state index contributed by atoms with van der Waals surface area (Å²) in [7, 11) is 0. The zero-order chi connectivity index (χ0) is 45.1. The lowest BCUT2D eigenvalue weighted by molar-refractivity contribution is -0.140. The average Bonchev–Trinajstić information content (AvgIpc) is 4.08. The maximum Gasteiger partial charge on any atom is 0.419 e. The van der Waals surface area contributed by atoms with Gasteiger partial charge in [-0.15, -0.1) is 0 Å². The molecule has 0 fully saturated rings. The Hall–Kier alpha value is -7.97. The van der Waals surface area contributed by atoms with Crippen LogP contribution in [0.25, 0.3) is 55.2 Å². The van der Waals surface area contributed by atoms with E-state index in [1.165, 1.54) is 33.9 Å². The summed E-state index contributed by atoms with van der Waals surface area (Å²) in [4.78, 5) is 36.6. The van der Waals surface area contributed by atoms with Gasteiger partial charge in [-0.05, 0) is 86.6 Å². The highest BCUT2D eigenvalue weighted by Crippen LogP contribution is 2.43. The number of benzene rings is 4. The predicted molar refractivity (Wildman–Crippen MR) is 220 cm³/mol. The fourth-order valence-corrected chi connectivity index (χ4v) is 8.32. The summed E-state index contributed by atoms with van der Waals surface area (Å²) in [6, 6.07) is 15.3. The van der Waals surface area contributed by atoms with E-state index in [1.54, 1.807) is 50.2 Å². The molecule has 21 heteroatoms. The molecule has 64 heavy (non-hydrogen) atoms. The van der Waals surface area contributed by atoms with Crippen LogP contribution >= 0.6 is 0 Å². The van der Waals surface area contributed by atoms with E-state index in [2.05, 4.69) is 40.1 Å². The fourth-order valence-electron chi connectivity index (χ4n) is 8.32. The number of aryl methyl sites for hydroxylation is 2. The number of anilines is 2. The third-order valence-electron chi connectivity index (χ3n) is 11.2. The van der Waals surface area contributed by atoms with Crippen molar-refractivity contribution in [2.45, 2.75) is 38.0 Å². The number of aromatic amines is 4. The van der Waals surface area contributed by atoms with E-state index < -0.39 is 52.7 Å².